The first-order valence-corrected chi connectivity index (χ1v) is 12.8. The van der Waals surface area contributed by atoms with Crippen molar-refractivity contribution in [1.82, 2.24) is 0 Å². The van der Waals surface area contributed by atoms with Crippen LogP contribution in [-0.4, -0.2) is 37.5 Å². The molecule has 0 radical (unpaired) electrons. The Bertz CT molecular complexity index is 1670. The largest absolute Gasteiger partial charge is 0.460 e. The first-order chi connectivity index (χ1) is 18.8. The van der Waals surface area contributed by atoms with Gasteiger partial charge < -0.3 is 19.9 Å². The number of carbonyl (C=O) groups excluding carboxylic acids is 1. The number of nitrogens with zero attached hydrogens (tertiary/aromatic N) is 1. The number of esters is 1. The van der Waals surface area contributed by atoms with Crippen molar-refractivity contribution in [2.75, 3.05) is 19.8 Å². The molecule has 198 valence electrons. The normalized spacial score (nSPS) is 12.4. The Balaban J connectivity index is 1.68. The summed E-state index contributed by atoms with van der Waals surface area (Å²) in [5.74, 6) is -0.626. The van der Waals surface area contributed by atoms with E-state index in [1.54, 1.807) is 48.5 Å². The Labute approximate surface area is 233 Å². The van der Waals surface area contributed by atoms with Crippen LogP contribution in [0.1, 0.15) is 28.4 Å². The molecule has 0 bridgehead atoms. The molecule has 0 fully saturated rings. The lowest BCUT2D eigenvalue weighted by molar-refractivity contribution is 0.0335. The van der Waals surface area contributed by atoms with Gasteiger partial charge in [0.05, 0.1) is 17.2 Å². The molecule has 0 aliphatic carbocycles. The van der Waals surface area contributed by atoms with Gasteiger partial charge in [-0.2, -0.15) is 0 Å². The summed E-state index contributed by atoms with van der Waals surface area (Å²) in [6, 6.07) is 15.9. The summed E-state index contributed by atoms with van der Waals surface area (Å²) < 4.78 is 31.9. The molecule has 5 rings (SSSR count). The van der Waals surface area contributed by atoms with Crippen molar-refractivity contribution in [1.29, 1.82) is 5.41 Å². The van der Waals surface area contributed by atoms with Crippen LogP contribution in [0.4, 0.5) is 4.39 Å². The highest BCUT2D eigenvalue weighted by Gasteiger charge is 2.29. The Kier molecular flexibility index (Phi) is 7.52. The van der Waals surface area contributed by atoms with Gasteiger partial charge in [-0.25, -0.2) is 14.2 Å². The molecule has 7 nitrogen and oxygen atoms in total. The molecule has 0 unspecified atom stereocenters. The molecule has 3 N–H and O–H groups in total. The van der Waals surface area contributed by atoms with Gasteiger partial charge in [0.1, 0.15) is 29.0 Å². The summed E-state index contributed by atoms with van der Waals surface area (Å²) in [5.41, 5.74) is 7.90. The number of fused-ring (bicyclic) bond motifs is 2. The second kappa shape index (κ2) is 11.0. The number of halogens is 3. The first-order valence-electron chi connectivity index (χ1n) is 12.0. The van der Waals surface area contributed by atoms with E-state index >= 15 is 4.39 Å². The van der Waals surface area contributed by atoms with Gasteiger partial charge in [-0.05, 0) is 48.7 Å². The Morgan fingerprint density at radius 1 is 1.03 bits per heavy atom. The van der Waals surface area contributed by atoms with Crippen molar-refractivity contribution in [3.63, 3.8) is 0 Å². The summed E-state index contributed by atoms with van der Waals surface area (Å²) in [4.78, 5) is 16.7. The predicted molar refractivity (Wildman–Crippen MR) is 150 cm³/mol. The fraction of sp³-hybridized carbons (Fsp3) is 0.138. The van der Waals surface area contributed by atoms with Crippen LogP contribution >= 0.6 is 23.2 Å². The maximum absolute atomic E-state index is 15.2. The van der Waals surface area contributed by atoms with Gasteiger partial charge in [-0.1, -0.05) is 47.5 Å². The van der Waals surface area contributed by atoms with Crippen molar-refractivity contribution < 1.29 is 23.4 Å². The number of aliphatic imine (C=N–C) groups is 1. The van der Waals surface area contributed by atoms with E-state index in [0.29, 0.717) is 34.1 Å². The summed E-state index contributed by atoms with van der Waals surface area (Å²) in [5, 5.41) is 9.53. The molecular weight excluding hydrogens is 544 g/mol. The molecule has 1 heterocycles. The quantitative estimate of drug-likeness (QED) is 0.177. The number of hydrogen-bond acceptors (Lipinski definition) is 6. The lowest BCUT2D eigenvalue weighted by Gasteiger charge is -2.19. The Hall–Kier alpha value is -3.98. The van der Waals surface area contributed by atoms with Crippen LogP contribution in [-0.2, 0) is 9.47 Å². The van der Waals surface area contributed by atoms with Crippen LogP contribution in [0.15, 0.2) is 65.7 Å². The SMILES string of the molecule is CCOCCOC(=O)c1cccc(Oc2c(Cl)c(Cl)cc3cc4c(c(-c5ccccc5F)c23)C(N)=NC4=N)c1. The second-order valence-corrected chi connectivity index (χ2v) is 9.35. The zero-order valence-corrected chi connectivity index (χ0v) is 22.2. The number of nitrogens with two attached hydrogens (primary N) is 1. The van der Waals surface area contributed by atoms with E-state index in [0.717, 1.165) is 0 Å². The minimum Gasteiger partial charge on any atom is -0.460 e. The van der Waals surface area contributed by atoms with Crippen molar-refractivity contribution in [3.8, 4) is 22.6 Å². The standard InChI is InChI=1S/C29H22Cl2FN3O4/c1-2-37-10-11-38-29(36)15-6-5-7-17(12-15)39-26-22-16(14-20(30)25(26)31)13-19-24(28(34)35-27(19)33)23(22)18-8-3-4-9-21(18)32/h3-9,12-14H,2,10-11H2,1H3,(H3,33,34,35). The molecule has 0 saturated carbocycles. The van der Waals surface area contributed by atoms with E-state index in [4.69, 9.17) is 48.6 Å². The van der Waals surface area contributed by atoms with Crippen LogP contribution in [0.2, 0.25) is 10.0 Å². The van der Waals surface area contributed by atoms with Gasteiger partial charge in [0.15, 0.2) is 11.6 Å². The average Bonchev–Trinajstić information content (AvgIpc) is 3.21. The van der Waals surface area contributed by atoms with E-state index in [1.807, 2.05) is 6.92 Å². The van der Waals surface area contributed by atoms with Crippen LogP contribution in [0.25, 0.3) is 21.9 Å². The second-order valence-electron chi connectivity index (χ2n) is 8.56. The molecule has 1 aliphatic heterocycles. The minimum absolute atomic E-state index is 0.0499. The number of rotatable bonds is 8. The molecule has 0 saturated heterocycles. The summed E-state index contributed by atoms with van der Waals surface area (Å²) in [6.07, 6.45) is 0. The third kappa shape index (κ3) is 5.06. The lowest BCUT2D eigenvalue weighted by Crippen LogP contribution is -2.13. The Morgan fingerprint density at radius 2 is 1.82 bits per heavy atom. The lowest BCUT2D eigenvalue weighted by atomic mass is 9.89. The number of carbonyl (C=O) groups is 1. The summed E-state index contributed by atoms with van der Waals surface area (Å²) >= 11 is 13.2. The summed E-state index contributed by atoms with van der Waals surface area (Å²) in [6.45, 7) is 2.77. The molecule has 39 heavy (non-hydrogen) atoms. The maximum atomic E-state index is 15.2. The van der Waals surface area contributed by atoms with Gasteiger partial charge in [0.2, 0.25) is 0 Å². The van der Waals surface area contributed by atoms with Gasteiger partial charge in [0, 0.05) is 34.2 Å². The number of amidine groups is 2. The number of ether oxygens (including phenoxy) is 3. The molecule has 0 aromatic heterocycles. The first kappa shape index (κ1) is 26.6. The molecule has 0 atom stereocenters. The molecule has 4 aromatic carbocycles. The van der Waals surface area contributed by atoms with Crippen molar-refractivity contribution in [3.05, 3.63) is 93.2 Å². The van der Waals surface area contributed by atoms with E-state index in [1.165, 1.54) is 12.1 Å². The zero-order valence-electron chi connectivity index (χ0n) is 20.7. The fourth-order valence-corrected chi connectivity index (χ4v) is 4.82. The van der Waals surface area contributed by atoms with E-state index in [9.17, 15) is 4.79 Å². The number of nitrogens with one attached hydrogen (secondary N) is 1. The zero-order chi connectivity index (χ0) is 27.7. The van der Waals surface area contributed by atoms with Crippen molar-refractivity contribution in [2.45, 2.75) is 6.92 Å². The third-order valence-electron chi connectivity index (χ3n) is 6.12. The third-order valence-corrected chi connectivity index (χ3v) is 6.89. The van der Waals surface area contributed by atoms with Crippen LogP contribution < -0.4 is 10.5 Å². The predicted octanol–water partition coefficient (Wildman–Crippen LogP) is 6.98. The highest BCUT2D eigenvalue weighted by atomic mass is 35.5. The average molecular weight is 566 g/mol. The molecule has 0 spiro atoms. The van der Waals surface area contributed by atoms with E-state index < -0.39 is 11.8 Å². The van der Waals surface area contributed by atoms with Crippen molar-refractivity contribution >= 4 is 51.6 Å². The molecule has 10 heteroatoms. The molecule has 1 aliphatic rings. The molecule has 4 aromatic rings. The smallest absolute Gasteiger partial charge is 0.338 e. The van der Waals surface area contributed by atoms with Gasteiger partial charge in [-0.3, -0.25) is 5.41 Å². The summed E-state index contributed by atoms with van der Waals surface area (Å²) in [7, 11) is 0. The highest BCUT2D eigenvalue weighted by Crippen LogP contribution is 2.48. The van der Waals surface area contributed by atoms with Crippen LogP contribution in [0, 0.1) is 11.2 Å². The molecule has 0 amide bonds. The monoisotopic (exact) mass is 565 g/mol. The van der Waals surface area contributed by atoms with E-state index in [-0.39, 0.29) is 57.6 Å². The number of benzene rings is 4. The number of hydrogen-bond donors (Lipinski definition) is 2. The Morgan fingerprint density at radius 3 is 2.59 bits per heavy atom. The van der Waals surface area contributed by atoms with Gasteiger partial charge in [0.25, 0.3) is 0 Å². The fourth-order valence-electron chi connectivity index (χ4n) is 4.42. The minimum atomic E-state index is -0.547. The van der Waals surface area contributed by atoms with Gasteiger partial charge >= 0.3 is 5.97 Å². The highest BCUT2D eigenvalue weighted by molar-refractivity contribution is 6.44. The van der Waals surface area contributed by atoms with E-state index in [2.05, 4.69) is 4.99 Å². The maximum Gasteiger partial charge on any atom is 0.338 e. The van der Waals surface area contributed by atoms with Crippen LogP contribution in [0.5, 0.6) is 11.5 Å². The van der Waals surface area contributed by atoms with Gasteiger partial charge in [-0.15, -0.1) is 0 Å². The topological polar surface area (TPSA) is 107 Å². The van der Waals surface area contributed by atoms with Crippen molar-refractivity contribution in [2.24, 2.45) is 10.7 Å². The van der Waals surface area contributed by atoms with Crippen LogP contribution in [0.3, 0.4) is 0 Å². The molecular formula is C29H22Cl2FN3O4.